The molecule has 0 spiro atoms. The van der Waals surface area contributed by atoms with Crippen LogP contribution in [0.25, 0.3) is 16.9 Å². The van der Waals surface area contributed by atoms with E-state index in [0.717, 1.165) is 17.0 Å². The standard InChI is InChI=1S/C15H11Cl3N2/c1-9-2-4-10(5-3-9)14-13(7-16)20-8-11(17)6-12(18)15(20)19-14/h2-6,8H,7H2,1H3. The van der Waals surface area contributed by atoms with Gasteiger partial charge in [-0.15, -0.1) is 11.6 Å². The Labute approximate surface area is 131 Å². The maximum atomic E-state index is 6.21. The molecule has 0 unspecified atom stereocenters. The number of alkyl halides is 1. The number of fused-ring (bicyclic) bond motifs is 1. The third-order valence-electron chi connectivity index (χ3n) is 3.19. The number of benzene rings is 1. The van der Waals surface area contributed by atoms with Crippen LogP contribution in [0.4, 0.5) is 0 Å². The maximum Gasteiger partial charge on any atom is 0.156 e. The van der Waals surface area contributed by atoms with Gasteiger partial charge in [-0.1, -0.05) is 53.0 Å². The highest BCUT2D eigenvalue weighted by Crippen LogP contribution is 2.30. The lowest BCUT2D eigenvalue weighted by Gasteiger charge is -2.03. The highest BCUT2D eigenvalue weighted by Gasteiger charge is 2.15. The van der Waals surface area contributed by atoms with Crippen LogP contribution in [-0.2, 0) is 5.88 Å². The minimum Gasteiger partial charge on any atom is -0.299 e. The van der Waals surface area contributed by atoms with E-state index in [4.69, 9.17) is 34.8 Å². The fourth-order valence-corrected chi connectivity index (χ4v) is 2.96. The van der Waals surface area contributed by atoms with Crippen LogP contribution in [0.5, 0.6) is 0 Å². The number of rotatable bonds is 2. The lowest BCUT2D eigenvalue weighted by molar-refractivity contribution is 1.09. The van der Waals surface area contributed by atoms with E-state index in [-0.39, 0.29) is 0 Å². The van der Waals surface area contributed by atoms with E-state index < -0.39 is 0 Å². The number of imidazole rings is 1. The molecule has 0 atom stereocenters. The summed E-state index contributed by atoms with van der Waals surface area (Å²) in [7, 11) is 0. The van der Waals surface area contributed by atoms with E-state index in [9.17, 15) is 0 Å². The Kier molecular flexibility index (Phi) is 3.63. The zero-order valence-corrected chi connectivity index (χ0v) is 13.0. The first kappa shape index (κ1) is 13.7. The molecule has 0 amide bonds. The Morgan fingerprint density at radius 2 is 1.85 bits per heavy atom. The number of nitrogens with zero attached hydrogens (tertiary/aromatic N) is 2. The quantitative estimate of drug-likeness (QED) is 0.580. The molecule has 1 aromatic carbocycles. The lowest BCUT2D eigenvalue weighted by atomic mass is 10.1. The molecule has 3 aromatic rings. The predicted molar refractivity (Wildman–Crippen MR) is 84.9 cm³/mol. The van der Waals surface area contributed by atoms with Gasteiger partial charge in [-0.05, 0) is 13.0 Å². The molecule has 102 valence electrons. The van der Waals surface area contributed by atoms with Gasteiger partial charge in [-0.2, -0.15) is 0 Å². The Balaban J connectivity index is 2.30. The van der Waals surface area contributed by atoms with Crippen molar-refractivity contribution in [1.29, 1.82) is 0 Å². The second-order valence-electron chi connectivity index (χ2n) is 4.61. The predicted octanol–water partition coefficient (Wildman–Crippen LogP) is 5.36. The zero-order chi connectivity index (χ0) is 14.3. The molecule has 2 aromatic heterocycles. The number of aryl methyl sites for hydroxylation is 1. The number of aromatic nitrogens is 2. The summed E-state index contributed by atoms with van der Waals surface area (Å²) in [4.78, 5) is 4.61. The van der Waals surface area contributed by atoms with E-state index in [2.05, 4.69) is 4.98 Å². The molecule has 0 aliphatic heterocycles. The van der Waals surface area contributed by atoms with Gasteiger partial charge < -0.3 is 0 Å². The van der Waals surface area contributed by atoms with E-state index in [1.165, 1.54) is 5.56 Å². The molecule has 0 saturated carbocycles. The van der Waals surface area contributed by atoms with Crippen LogP contribution in [0.3, 0.4) is 0 Å². The first-order valence-electron chi connectivity index (χ1n) is 6.09. The molecular weight excluding hydrogens is 315 g/mol. The van der Waals surface area contributed by atoms with Crippen LogP contribution in [-0.4, -0.2) is 9.38 Å². The van der Waals surface area contributed by atoms with Crippen LogP contribution >= 0.6 is 34.8 Å². The van der Waals surface area contributed by atoms with Crippen LogP contribution < -0.4 is 0 Å². The second-order valence-corrected chi connectivity index (χ2v) is 5.72. The van der Waals surface area contributed by atoms with Gasteiger partial charge in [0, 0.05) is 11.8 Å². The van der Waals surface area contributed by atoms with Gasteiger partial charge in [0.15, 0.2) is 5.65 Å². The highest BCUT2D eigenvalue weighted by atomic mass is 35.5. The summed E-state index contributed by atoms with van der Waals surface area (Å²) in [6.07, 6.45) is 1.78. The van der Waals surface area contributed by atoms with Crippen molar-refractivity contribution in [3.8, 4) is 11.3 Å². The van der Waals surface area contributed by atoms with Gasteiger partial charge >= 0.3 is 0 Å². The molecule has 0 aliphatic rings. The minimum atomic E-state index is 0.334. The first-order valence-corrected chi connectivity index (χ1v) is 7.38. The Morgan fingerprint density at radius 1 is 1.15 bits per heavy atom. The summed E-state index contributed by atoms with van der Waals surface area (Å²) in [6.45, 7) is 2.05. The smallest absolute Gasteiger partial charge is 0.156 e. The van der Waals surface area contributed by atoms with Crippen LogP contribution in [0.2, 0.25) is 10.0 Å². The SMILES string of the molecule is Cc1ccc(-c2nc3c(Cl)cc(Cl)cn3c2CCl)cc1. The maximum absolute atomic E-state index is 6.21. The number of hydrogen-bond acceptors (Lipinski definition) is 1. The first-order chi connectivity index (χ1) is 9.60. The molecular formula is C15H11Cl3N2. The molecule has 3 rings (SSSR count). The van der Waals surface area contributed by atoms with Crippen molar-refractivity contribution < 1.29 is 0 Å². The van der Waals surface area contributed by atoms with Crippen LogP contribution in [0.1, 0.15) is 11.3 Å². The highest BCUT2D eigenvalue weighted by molar-refractivity contribution is 6.36. The summed E-state index contributed by atoms with van der Waals surface area (Å²) in [5.74, 6) is 0.334. The Hall–Kier alpha value is -1.22. The van der Waals surface area contributed by atoms with Crippen molar-refractivity contribution >= 4 is 40.4 Å². The third-order valence-corrected chi connectivity index (χ3v) is 3.93. The van der Waals surface area contributed by atoms with Crippen molar-refractivity contribution in [3.05, 3.63) is 57.8 Å². The normalized spacial score (nSPS) is 11.2. The molecule has 0 radical (unpaired) electrons. The van der Waals surface area contributed by atoms with Gasteiger partial charge in [-0.25, -0.2) is 4.98 Å². The van der Waals surface area contributed by atoms with Gasteiger partial charge in [-0.3, -0.25) is 4.40 Å². The van der Waals surface area contributed by atoms with E-state index in [0.29, 0.717) is 21.6 Å². The number of hydrogen-bond donors (Lipinski definition) is 0. The fraction of sp³-hybridized carbons (Fsp3) is 0.133. The molecule has 0 aliphatic carbocycles. The van der Waals surface area contributed by atoms with Crippen molar-refractivity contribution in [2.45, 2.75) is 12.8 Å². The molecule has 0 saturated heterocycles. The van der Waals surface area contributed by atoms with Crippen molar-refractivity contribution in [2.75, 3.05) is 0 Å². The number of pyridine rings is 1. The molecule has 2 nitrogen and oxygen atoms in total. The average molecular weight is 326 g/mol. The van der Waals surface area contributed by atoms with E-state index in [1.807, 2.05) is 35.6 Å². The van der Waals surface area contributed by atoms with Crippen LogP contribution in [0.15, 0.2) is 36.5 Å². The molecule has 0 N–H and O–H groups in total. The van der Waals surface area contributed by atoms with Gasteiger partial charge in [0.2, 0.25) is 0 Å². The largest absolute Gasteiger partial charge is 0.299 e. The summed E-state index contributed by atoms with van der Waals surface area (Å²) in [6, 6.07) is 9.84. The number of halogens is 3. The molecule has 5 heteroatoms. The van der Waals surface area contributed by atoms with Crippen molar-refractivity contribution in [3.63, 3.8) is 0 Å². The van der Waals surface area contributed by atoms with Crippen molar-refractivity contribution in [1.82, 2.24) is 9.38 Å². The summed E-state index contributed by atoms with van der Waals surface area (Å²) < 4.78 is 1.85. The Bertz CT molecular complexity index is 776. The molecule has 0 bridgehead atoms. The zero-order valence-electron chi connectivity index (χ0n) is 10.7. The van der Waals surface area contributed by atoms with Gasteiger partial charge in [0.25, 0.3) is 0 Å². The summed E-state index contributed by atoms with van der Waals surface area (Å²) in [5.41, 5.74) is 4.61. The second kappa shape index (κ2) is 5.28. The van der Waals surface area contributed by atoms with E-state index in [1.54, 1.807) is 12.3 Å². The van der Waals surface area contributed by atoms with Gasteiger partial charge in [0.05, 0.1) is 27.3 Å². The molecule has 2 heterocycles. The third kappa shape index (κ3) is 2.28. The molecule has 0 fully saturated rings. The lowest BCUT2D eigenvalue weighted by Crippen LogP contribution is -1.91. The summed E-state index contributed by atoms with van der Waals surface area (Å²) in [5, 5.41) is 1.07. The van der Waals surface area contributed by atoms with Gasteiger partial charge in [0.1, 0.15) is 0 Å². The minimum absolute atomic E-state index is 0.334. The summed E-state index contributed by atoms with van der Waals surface area (Å²) >= 11 is 18.4. The topological polar surface area (TPSA) is 17.3 Å². The van der Waals surface area contributed by atoms with E-state index >= 15 is 0 Å². The molecule has 20 heavy (non-hydrogen) atoms. The fourth-order valence-electron chi connectivity index (χ4n) is 2.19. The Morgan fingerprint density at radius 3 is 2.50 bits per heavy atom. The van der Waals surface area contributed by atoms with Crippen LogP contribution in [0, 0.1) is 6.92 Å². The monoisotopic (exact) mass is 324 g/mol. The van der Waals surface area contributed by atoms with Crippen molar-refractivity contribution in [2.24, 2.45) is 0 Å². The average Bonchev–Trinajstić information content (AvgIpc) is 2.78.